The highest BCUT2D eigenvalue weighted by Gasteiger charge is 2.09. The van der Waals surface area contributed by atoms with Gasteiger partial charge in [-0.3, -0.25) is 4.79 Å². The Kier molecular flexibility index (Phi) is 7.53. The molecule has 0 aromatic carbocycles. The lowest BCUT2D eigenvalue weighted by molar-refractivity contribution is 0.0686. The molecule has 3 N–H and O–H groups in total. The van der Waals surface area contributed by atoms with Gasteiger partial charge < -0.3 is 20.5 Å². The summed E-state index contributed by atoms with van der Waals surface area (Å²) in [6.07, 6.45) is 3.29. The fourth-order valence-electron chi connectivity index (χ4n) is 1.47. The third kappa shape index (κ3) is 6.17. The molecule has 0 aliphatic heterocycles. The van der Waals surface area contributed by atoms with Crippen molar-refractivity contribution in [2.24, 2.45) is 0 Å². The molecule has 0 spiro atoms. The first-order valence-electron chi connectivity index (χ1n) is 6.31. The van der Waals surface area contributed by atoms with Gasteiger partial charge in [-0.2, -0.15) is 0 Å². The number of pyridine rings is 1. The molecule has 1 aromatic heterocycles. The number of anilines is 1. The van der Waals surface area contributed by atoms with Gasteiger partial charge >= 0.3 is 0 Å². The lowest BCUT2D eigenvalue weighted by Crippen LogP contribution is -2.26. The van der Waals surface area contributed by atoms with Crippen LogP contribution in [0.25, 0.3) is 0 Å². The molecule has 0 aliphatic rings. The minimum atomic E-state index is -0.238. The fraction of sp³-hybridized carbons (Fsp3) is 0.538. The summed E-state index contributed by atoms with van der Waals surface area (Å²) in [7, 11) is 1.64. The number of rotatable bonds is 9. The molecule has 1 aromatic rings. The second-order valence-electron chi connectivity index (χ2n) is 4.01. The maximum absolute atomic E-state index is 11.7. The van der Waals surface area contributed by atoms with Crippen LogP contribution >= 0.6 is 0 Å². The summed E-state index contributed by atoms with van der Waals surface area (Å²) in [6.45, 7) is 2.47. The van der Waals surface area contributed by atoms with Gasteiger partial charge in [-0.25, -0.2) is 4.98 Å². The molecule has 1 rings (SSSR count). The zero-order valence-corrected chi connectivity index (χ0v) is 11.2. The number of nitrogens with one attached hydrogen (secondary N) is 1. The van der Waals surface area contributed by atoms with Crippen LogP contribution in [0.1, 0.15) is 23.3 Å². The van der Waals surface area contributed by atoms with Crippen LogP contribution in [0.5, 0.6) is 0 Å². The molecule has 0 unspecified atom stereocenters. The van der Waals surface area contributed by atoms with Crippen LogP contribution in [0.3, 0.4) is 0 Å². The summed E-state index contributed by atoms with van der Waals surface area (Å²) in [6, 6.07) is 3.36. The number of methoxy groups -OCH3 is 1. The van der Waals surface area contributed by atoms with E-state index >= 15 is 0 Å². The number of nitrogen functional groups attached to an aromatic ring is 1. The highest BCUT2D eigenvalue weighted by atomic mass is 16.5. The second-order valence-corrected chi connectivity index (χ2v) is 4.01. The predicted molar refractivity (Wildman–Crippen MR) is 72.9 cm³/mol. The van der Waals surface area contributed by atoms with Crippen LogP contribution in [-0.4, -0.2) is 44.4 Å². The molecule has 19 heavy (non-hydrogen) atoms. The van der Waals surface area contributed by atoms with Crippen molar-refractivity contribution >= 4 is 11.6 Å². The Morgan fingerprint density at radius 3 is 2.95 bits per heavy atom. The van der Waals surface area contributed by atoms with Crippen LogP contribution in [-0.2, 0) is 9.47 Å². The molecule has 0 fully saturated rings. The summed E-state index contributed by atoms with van der Waals surface area (Å²) >= 11 is 0. The number of hydrogen-bond acceptors (Lipinski definition) is 5. The Morgan fingerprint density at radius 1 is 1.37 bits per heavy atom. The minimum Gasteiger partial charge on any atom is -0.397 e. The highest BCUT2D eigenvalue weighted by Crippen LogP contribution is 2.06. The van der Waals surface area contributed by atoms with Gasteiger partial charge in [0.05, 0.1) is 18.9 Å². The number of aromatic nitrogens is 1. The molecule has 0 atom stereocenters. The van der Waals surface area contributed by atoms with Crippen molar-refractivity contribution < 1.29 is 14.3 Å². The van der Waals surface area contributed by atoms with Crippen LogP contribution in [0, 0.1) is 0 Å². The molecule has 6 nitrogen and oxygen atoms in total. The number of nitrogens with zero attached hydrogens (tertiary/aromatic N) is 1. The molecule has 1 amide bonds. The molecule has 6 heteroatoms. The van der Waals surface area contributed by atoms with E-state index in [1.54, 1.807) is 25.4 Å². The average molecular weight is 267 g/mol. The first kappa shape index (κ1) is 15.4. The largest absolute Gasteiger partial charge is 0.397 e. The number of carbonyl (C=O) groups excluding carboxylic acids is 1. The van der Waals surface area contributed by atoms with Gasteiger partial charge in [-0.1, -0.05) is 0 Å². The van der Waals surface area contributed by atoms with E-state index in [1.807, 2.05) is 0 Å². The molecule has 0 aliphatic carbocycles. The van der Waals surface area contributed by atoms with Crippen LogP contribution in [0.4, 0.5) is 5.69 Å². The van der Waals surface area contributed by atoms with E-state index in [0.29, 0.717) is 32.1 Å². The van der Waals surface area contributed by atoms with E-state index in [1.165, 1.54) is 0 Å². The molecular formula is C13H21N3O3. The SMILES string of the molecule is COCCOCCCCNC(=O)c1ncccc1N. The zero-order valence-electron chi connectivity index (χ0n) is 11.2. The van der Waals surface area contributed by atoms with Gasteiger partial charge in [-0.15, -0.1) is 0 Å². The Labute approximate surface area is 113 Å². The Hall–Kier alpha value is -1.66. The summed E-state index contributed by atoms with van der Waals surface area (Å²) in [5.74, 6) is -0.238. The Bertz CT molecular complexity index is 385. The molecular weight excluding hydrogens is 246 g/mol. The number of hydrogen-bond donors (Lipinski definition) is 2. The standard InChI is InChI=1S/C13H21N3O3/c1-18-9-10-19-8-3-2-6-16-13(17)12-11(14)5-4-7-15-12/h4-5,7H,2-3,6,8-10,14H2,1H3,(H,16,17). The van der Waals surface area contributed by atoms with Crippen molar-refractivity contribution in [2.45, 2.75) is 12.8 Å². The normalized spacial score (nSPS) is 10.4. The van der Waals surface area contributed by atoms with Crippen molar-refractivity contribution in [3.8, 4) is 0 Å². The van der Waals surface area contributed by atoms with Gasteiger partial charge in [0.25, 0.3) is 5.91 Å². The maximum atomic E-state index is 11.7. The quantitative estimate of drug-likeness (QED) is 0.647. The van der Waals surface area contributed by atoms with Crippen molar-refractivity contribution in [2.75, 3.05) is 39.2 Å². The maximum Gasteiger partial charge on any atom is 0.272 e. The van der Waals surface area contributed by atoms with E-state index in [4.69, 9.17) is 15.2 Å². The first-order valence-corrected chi connectivity index (χ1v) is 6.31. The number of unbranched alkanes of at least 4 members (excludes halogenated alkanes) is 1. The monoisotopic (exact) mass is 267 g/mol. The lowest BCUT2D eigenvalue weighted by Gasteiger charge is -2.06. The minimum absolute atomic E-state index is 0.238. The first-order chi connectivity index (χ1) is 9.25. The molecule has 1 heterocycles. The number of carbonyl (C=O) groups is 1. The van der Waals surface area contributed by atoms with Gasteiger partial charge in [0.1, 0.15) is 0 Å². The summed E-state index contributed by atoms with van der Waals surface area (Å²) in [5.41, 5.74) is 6.33. The van der Waals surface area contributed by atoms with Crippen LogP contribution in [0.2, 0.25) is 0 Å². The van der Waals surface area contributed by atoms with Crippen LogP contribution < -0.4 is 11.1 Å². The molecule has 0 radical (unpaired) electrons. The fourth-order valence-corrected chi connectivity index (χ4v) is 1.47. The van der Waals surface area contributed by atoms with E-state index < -0.39 is 0 Å². The summed E-state index contributed by atoms with van der Waals surface area (Å²) in [4.78, 5) is 15.7. The van der Waals surface area contributed by atoms with Crippen molar-refractivity contribution in [3.63, 3.8) is 0 Å². The lowest BCUT2D eigenvalue weighted by atomic mass is 10.2. The Morgan fingerprint density at radius 2 is 2.21 bits per heavy atom. The van der Waals surface area contributed by atoms with Crippen LogP contribution in [0.15, 0.2) is 18.3 Å². The van der Waals surface area contributed by atoms with Crippen molar-refractivity contribution in [1.82, 2.24) is 10.3 Å². The molecule has 0 saturated carbocycles. The van der Waals surface area contributed by atoms with Crippen molar-refractivity contribution in [1.29, 1.82) is 0 Å². The smallest absolute Gasteiger partial charge is 0.272 e. The topological polar surface area (TPSA) is 86.5 Å². The molecule has 0 bridgehead atoms. The van der Waals surface area contributed by atoms with Gasteiger partial charge in [0.2, 0.25) is 0 Å². The second kappa shape index (κ2) is 9.29. The predicted octanol–water partition coefficient (Wildman–Crippen LogP) is 0.837. The molecule has 106 valence electrons. The van der Waals surface area contributed by atoms with Gasteiger partial charge in [0, 0.05) is 26.5 Å². The van der Waals surface area contributed by atoms with E-state index in [-0.39, 0.29) is 11.6 Å². The summed E-state index contributed by atoms with van der Waals surface area (Å²) in [5, 5.41) is 2.78. The third-order valence-corrected chi connectivity index (χ3v) is 2.49. The van der Waals surface area contributed by atoms with E-state index in [0.717, 1.165) is 12.8 Å². The van der Waals surface area contributed by atoms with Crippen molar-refractivity contribution in [3.05, 3.63) is 24.0 Å². The number of nitrogens with two attached hydrogens (primary N) is 1. The van der Waals surface area contributed by atoms with Gasteiger partial charge in [-0.05, 0) is 25.0 Å². The third-order valence-electron chi connectivity index (χ3n) is 2.49. The van der Waals surface area contributed by atoms with Gasteiger partial charge in [0.15, 0.2) is 5.69 Å². The van der Waals surface area contributed by atoms with E-state index in [2.05, 4.69) is 10.3 Å². The van der Waals surface area contributed by atoms with E-state index in [9.17, 15) is 4.79 Å². The number of ether oxygens (including phenoxy) is 2. The Balaban J connectivity index is 2.10. The number of amides is 1. The molecule has 0 saturated heterocycles. The zero-order chi connectivity index (χ0) is 13.9. The summed E-state index contributed by atoms with van der Waals surface area (Å²) < 4.78 is 10.2. The highest BCUT2D eigenvalue weighted by molar-refractivity contribution is 5.96. The average Bonchev–Trinajstić information content (AvgIpc) is 2.42.